The van der Waals surface area contributed by atoms with Crippen LogP contribution in [0.4, 0.5) is 0 Å². The van der Waals surface area contributed by atoms with Crippen LogP contribution in [0.15, 0.2) is 42.9 Å². The van der Waals surface area contributed by atoms with Crippen LogP contribution in [0, 0.1) is 5.92 Å². The van der Waals surface area contributed by atoms with Crippen LogP contribution in [0.3, 0.4) is 0 Å². The van der Waals surface area contributed by atoms with Crippen LogP contribution < -0.4 is 0 Å². The van der Waals surface area contributed by atoms with E-state index < -0.39 is 0 Å². The summed E-state index contributed by atoms with van der Waals surface area (Å²) in [5.41, 5.74) is 1.99. The summed E-state index contributed by atoms with van der Waals surface area (Å²) in [5, 5.41) is 0. The highest BCUT2D eigenvalue weighted by Gasteiger charge is 2.51. The fourth-order valence-electron chi connectivity index (χ4n) is 4.40. The molecule has 1 unspecified atom stereocenters. The topological polar surface area (TPSA) is 50.6 Å². The van der Waals surface area contributed by atoms with Crippen molar-refractivity contribution in [2.24, 2.45) is 13.0 Å². The summed E-state index contributed by atoms with van der Waals surface area (Å²) in [4.78, 5) is 21.3. The molecule has 2 aliphatic heterocycles. The second kappa shape index (κ2) is 7.44. The van der Waals surface area contributed by atoms with Crippen molar-refractivity contribution in [3.05, 3.63) is 54.1 Å². The van der Waals surface area contributed by atoms with Crippen molar-refractivity contribution in [3.8, 4) is 0 Å². The van der Waals surface area contributed by atoms with Crippen LogP contribution >= 0.6 is 0 Å². The molecule has 6 heteroatoms. The van der Waals surface area contributed by atoms with Crippen LogP contribution in [0.1, 0.15) is 28.9 Å². The Morgan fingerprint density at radius 3 is 2.85 bits per heavy atom. The normalized spacial score (nSPS) is 22.0. The average Bonchev–Trinajstić information content (AvgIpc) is 3.07. The van der Waals surface area contributed by atoms with Crippen LogP contribution in [-0.2, 0) is 18.4 Å². The maximum atomic E-state index is 12.7. The molecule has 2 saturated heterocycles. The number of piperidine rings is 1. The van der Waals surface area contributed by atoms with Gasteiger partial charge >= 0.3 is 0 Å². The third-order valence-electron chi connectivity index (χ3n) is 6.12. The van der Waals surface area contributed by atoms with Gasteiger partial charge in [0.05, 0.1) is 12.1 Å². The van der Waals surface area contributed by atoms with Crippen molar-refractivity contribution in [1.82, 2.24) is 19.4 Å². The molecule has 0 N–H and O–H groups in total. The van der Waals surface area contributed by atoms with E-state index in [2.05, 4.69) is 16.9 Å². The fraction of sp³-hybridized carbons (Fsp3) is 0.524. The number of hydrogen-bond acceptors (Lipinski definition) is 4. The Morgan fingerprint density at radius 2 is 2.15 bits per heavy atom. The molecule has 4 heterocycles. The van der Waals surface area contributed by atoms with E-state index >= 15 is 0 Å². The lowest BCUT2D eigenvalue weighted by Gasteiger charge is -2.58. The number of carbonyl (C=O) groups excluding carboxylic acids is 1. The van der Waals surface area contributed by atoms with Gasteiger partial charge in [-0.1, -0.05) is 6.07 Å². The van der Waals surface area contributed by atoms with Crippen LogP contribution in [0.5, 0.6) is 0 Å². The zero-order valence-corrected chi connectivity index (χ0v) is 16.2. The van der Waals surface area contributed by atoms with Gasteiger partial charge in [-0.2, -0.15) is 0 Å². The van der Waals surface area contributed by atoms with Crippen molar-refractivity contribution in [2.45, 2.75) is 25.0 Å². The minimum absolute atomic E-state index is 0.113. The lowest BCUT2D eigenvalue weighted by atomic mass is 9.75. The molecule has 144 valence electrons. The molecule has 27 heavy (non-hydrogen) atoms. The molecule has 1 atom stereocenters. The number of rotatable bonds is 5. The first-order valence-corrected chi connectivity index (χ1v) is 9.66. The largest absolute Gasteiger partial charge is 0.376 e. The molecule has 2 aliphatic rings. The van der Waals surface area contributed by atoms with Crippen molar-refractivity contribution in [3.63, 3.8) is 0 Å². The summed E-state index contributed by atoms with van der Waals surface area (Å²) in [6.45, 7) is 4.08. The number of ether oxygens (including phenoxy) is 1. The van der Waals surface area contributed by atoms with Gasteiger partial charge in [0.25, 0.3) is 5.91 Å². The van der Waals surface area contributed by atoms with Crippen LogP contribution in [0.25, 0.3) is 0 Å². The first kappa shape index (κ1) is 18.2. The number of amides is 1. The van der Waals surface area contributed by atoms with E-state index in [1.54, 1.807) is 6.20 Å². The number of aromatic nitrogens is 2. The van der Waals surface area contributed by atoms with E-state index in [0.29, 0.717) is 12.5 Å². The highest BCUT2D eigenvalue weighted by atomic mass is 16.5. The number of hydrogen-bond donors (Lipinski definition) is 0. The number of likely N-dealkylation sites (tertiary alicyclic amines) is 2. The second-order valence-corrected chi connectivity index (χ2v) is 8.05. The van der Waals surface area contributed by atoms with Crippen molar-refractivity contribution >= 4 is 5.91 Å². The average molecular weight is 368 g/mol. The predicted molar refractivity (Wildman–Crippen MR) is 103 cm³/mol. The third kappa shape index (κ3) is 3.64. The number of likely N-dealkylation sites (N-methyl/N-ethyl adjacent to an activating group) is 1. The molecule has 0 aliphatic carbocycles. The monoisotopic (exact) mass is 368 g/mol. The molecule has 6 nitrogen and oxygen atoms in total. The number of nitrogens with zero attached hydrogens (tertiary/aromatic N) is 4. The smallest absolute Gasteiger partial charge is 0.270 e. The predicted octanol–water partition coefficient (Wildman–Crippen LogP) is 2.17. The molecule has 0 radical (unpaired) electrons. The first-order valence-electron chi connectivity index (χ1n) is 9.66. The Hall–Kier alpha value is -2.18. The molecule has 2 fully saturated rings. The Labute approximate surface area is 160 Å². The second-order valence-electron chi connectivity index (χ2n) is 8.05. The molecular formula is C21H28N4O2. The van der Waals surface area contributed by atoms with E-state index in [0.717, 1.165) is 50.3 Å². The summed E-state index contributed by atoms with van der Waals surface area (Å²) in [6, 6.07) is 7.80. The van der Waals surface area contributed by atoms with Gasteiger partial charge in [0, 0.05) is 45.3 Å². The maximum Gasteiger partial charge on any atom is 0.270 e. The highest BCUT2D eigenvalue weighted by molar-refractivity contribution is 5.93. The molecule has 2 aromatic heterocycles. The van der Waals surface area contributed by atoms with Crippen LogP contribution in [-0.4, -0.2) is 64.1 Å². The van der Waals surface area contributed by atoms with Gasteiger partial charge in [0.2, 0.25) is 0 Å². The number of pyridine rings is 1. The zero-order chi connectivity index (χ0) is 18.9. The van der Waals surface area contributed by atoms with E-state index in [1.807, 2.05) is 53.2 Å². The molecule has 0 saturated carbocycles. The quantitative estimate of drug-likeness (QED) is 0.812. The summed E-state index contributed by atoms with van der Waals surface area (Å²) in [5.74, 6) is 0.682. The Morgan fingerprint density at radius 1 is 1.30 bits per heavy atom. The minimum atomic E-state index is 0.113. The molecule has 0 aromatic carbocycles. The summed E-state index contributed by atoms with van der Waals surface area (Å²) in [7, 11) is 4.11. The lowest BCUT2D eigenvalue weighted by Crippen LogP contribution is -2.72. The van der Waals surface area contributed by atoms with Crippen molar-refractivity contribution in [1.29, 1.82) is 0 Å². The van der Waals surface area contributed by atoms with Crippen molar-refractivity contribution < 1.29 is 9.53 Å². The van der Waals surface area contributed by atoms with Gasteiger partial charge in [-0.25, -0.2) is 0 Å². The number of aryl methyl sites for hydroxylation is 1. The third-order valence-corrected chi connectivity index (χ3v) is 6.12. The fourth-order valence-corrected chi connectivity index (χ4v) is 4.40. The Kier molecular flexibility index (Phi) is 5.02. The molecule has 1 spiro atoms. The molecular weight excluding hydrogens is 340 g/mol. The first-order chi connectivity index (χ1) is 13.1. The van der Waals surface area contributed by atoms with Gasteiger partial charge in [0.15, 0.2) is 0 Å². The number of carbonyl (C=O) groups is 1. The van der Waals surface area contributed by atoms with Gasteiger partial charge in [-0.3, -0.25) is 14.7 Å². The summed E-state index contributed by atoms with van der Waals surface area (Å²) >= 11 is 0. The Balaban J connectivity index is 1.31. The highest BCUT2D eigenvalue weighted by Crippen LogP contribution is 2.39. The lowest BCUT2D eigenvalue weighted by molar-refractivity contribution is -0.0770. The molecule has 1 amide bonds. The van der Waals surface area contributed by atoms with E-state index in [1.165, 1.54) is 0 Å². The maximum absolute atomic E-state index is 12.7. The molecule has 4 rings (SSSR count). The Bertz CT molecular complexity index is 782. The van der Waals surface area contributed by atoms with Gasteiger partial charge in [0.1, 0.15) is 5.69 Å². The summed E-state index contributed by atoms with van der Waals surface area (Å²) < 4.78 is 7.86. The van der Waals surface area contributed by atoms with E-state index in [-0.39, 0.29) is 11.4 Å². The molecule has 0 bridgehead atoms. The van der Waals surface area contributed by atoms with Crippen LogP contribution in [0.2, 0.25) is 0 Å². The van der Waals surface area contributed by atoms with Gasteiger partial charge in [-0.15, -0.1) is 0 Å². The van der Waals surface area contributed by atoms with Gasteiger partial charge in [-0.05, 0) is 56.1 Å². The van der Waals surface area contributed by atoms with E-state index in [9.17, 15) is 4.79 Å². The SMILES string of the molecule is CN1CCC(COCc2cccnc2)CC12CN(C(=O)c1cccn1C)C2. The molecule has 2 aromatic rings. The van der Waals surface area contributed by atoms with Gasteiger partial charge < -0.3 is 14.2 Å². The zero-order valence-electron chi connectivity index (χ0n) is 16.2. The summed E-state index contributed by atoms with van der Waals surface area (Å²) in [6.07, 6.45) is 7.80. The minimum Gasteiger partial charge on any atom is -0.376 e. The van der Waals surface area contributed by atoms with Crippen molar-refractivity contribution in [2.75, 3.05) is 33.3 Å². The standard InChI is InChI=1S/C21H28N4O2/c1-23-9-4-6-19(23)20(26)25-15-21(16-25)11-17(7-10-24(21)2)13-27-14-18-5-3-8-22-12-18/h3-6,8-9,12,17H,7,10-11,13-16H2,1-2H3. The van der Waals surface area contributed by atoms with E-state index in [4.69, 9.17) is 4.74 Å².